The zero-order chi connectivity index (χ0) is 15.1. The van der Waals surface area contributed by atoms with Gasteiger partial charge in [0.1, 0.15) is 0 Å². The van der Waals surface area contributed by atoms with Crippen molar-refractivity contribution in [3.63, 3.8) is 0 Å². The maximum Gasteiger partial charge on any atom is 0.374 e. The molecule has 6 nitrogen and oxygen atoms in total. The van der Waals surface area contributed by atoms with Gasteiger partial charge in [-0.2, -0.15) is 5.10 Å². The van der Waals surface area contributed by atoms with Crippen molar-refractivity contribution in [3.8, 4) is 5.82 Å². The number of halogens is 1. The SMILES string of the molecule is Cc1nn(-c2nc(C(=O)O)nc3ccccc23)c(C)c1Br. The molecule has 0 saturated carbocycles. The molecule has 0 aliphatic heterocycles. The maximum atomic E-state index is 11.2. The van der Waals surface area contributed by atoms with Crippen LogP contribution in [0, 0.1) is 13.8 Å². The van der Waals surface area contributed by atoms with E-state index in [9.17, 15) is 9.90 Å². The van der Waals surface area contributed by atoms with E-state index in [1.54, 1.807) is 10.7 Å². The average Bonchev–Trinajstić information content (AvgIpc) is 2.73. The van der Waals surface area contributed by atoms with Crippen molar-refractivity contribution in [2.45, 2.75) is 13.8 Å². The largest absolute Gasteiger partial charge is 0.475 e. The van der Waals surface area contributed by atoms with Crippen LogP contribution in [0.5, 0.6) is 0 Å². The van der Waals surface area contributed by atoms with E-state index in [4.69, 9.17) is 0 Å². The van der Waals surface area contributed by atoms with E-state index < -0.39 is 5.97 Å². The average molecular weight is 347 g/mol. The van der Waals surface area contributed by atoms with Crippen LogP contribution in [-0.4, -0.2) is 30.8 Å². The van der Waals surface area contributed by atoms with Crippen molar-refractivity contribution in [2.24, 2.45) is 0 Å². The smallest absolute Gasteiger partial charge is 0.374 e. The molecule has 3 rings (SSSR count). The normalized spacial score (nSPS) is 11.0. The summed E-state index contributed by atoms with van der Waals surface area (Å²) in [5.74, 6) is -0.945. The molecule has 0 fully saturated rings. The van der Waals surface area contributed by atoms with Gasteiger partial charge in [-0.05, 0) is 41.9 Å². The molecule has 0 aliphatic rings. The van der Waals surface area contributed by atoms with Crippen LogP contribution in [0.4, 0.5) is 0 Å². The molecule has 106 valence electrons. The van der Waals surface area contributed by atoms with Crippen molar-refractivity contribution in [1.29, 1.82) is 0 Å². The third kappa shape index (κ3) is 2.19. The monoisotopic (exact) mass is 346 g/mol. The Morgan fingerprint density at radius 2 is 1.95 bits per heavy atom. The van der Waals surface area contributed by atoms with E-state index in [2.05, 4.69) is 31.0 Å². The quantitative estimate of drug-likeness (QED) is 0.771. The van der Waals surface area contributed by atoms with Gasteiger partial charge in [0.15, 0.2) is 5.82 Å². The molecule has 0 atom stereocenters. The van der Waals surface area contributed by atoms with Gasteiger partial charge in [-0.3, -0.25) is 0 Å². The number of benzene rings is 1. The van der Waals surface area contributed by atoms with Gasteiger partial charge in [0.25, 0.3) is 0 Å². The van der Waals surface area contributed by atoms with Crippen molar-refractivity contribution in [1.82, 2.24) is 19.7 Å². The minimum absolute atomic E-state index is 0.243. The summed E-state index contributed by atoms with van der Waals surface area (Å²) in [6, 6.07) is 7.27. The number of nitrogens with zero attached hydrogens (tertiary/aromatic N) is 4. The predicted molar refractivity (Wildman–Crippen MR) is 80.8 cm³/mol. The first-order valence-electron chi connectivity index (χ1n) is 6.21. The second kappa shape index (κ2) is 4.92. The van der Waals surface area contributed by atoms with Crippen molar-refractivity contribution < 1.29 is 9.90 Å². The van der Waals surface area contributed by atoms with Crippen LogP contribution in [0.3, 0.4) is 0 Å². The Kier molecular flexibility index (Phi) is 3.21. The molecule has 21 heavy (non-hydrogen) atoms. The number of aryl methyl sites for hydroxylation is 1. The number of para-hydroxylation sites is 1. The molecule has 0 saturated heterocycles. The first-order chi connectivity index (χ1) is 9.99. The number of carboxylic acid groups (broad SMARTS) is 1. The number of aromatic nitrogens is 4. The molecule has 0 radical (unpaired) electrons. The molecule has 0 unspecified atom stereocenters. The van der Waals surface area contributed by atoms with Gasteiger partial charge in [-0.15, -0.1) is 0 Å². The molecule has 1 N–H and O–H groups in total. The number of carbonyl (C=O) groups is 1. The van der Waals surface area contributed by atoms with Crippen molar-refractivity contribution in [3.05, 3.63) is 46.0 Å². The Labute approximate surface area is 128 Å². The van der Waals surface area contributed by atoms with E-state index in [1.165, 1.54) is 0 Å². The highest BCUT2D eigenvalue weighted by Gasteiger charge is 2.17. The maximum absolute atomic E-state index is 11.2. The summed E-state index contributed by atoms with van der Waals surface area (Å²) < 4.78 is 2.51. The standard InChI is InChI=1S/C14H11BrN4O2/c1-7-11(15)8(2)19(18-7)13-9-5-3-4-6-10(9)16-12(17-13)14(20)21/h3-6H,1-2H3,(H,20,21). The molecular formula is C14H11BrN4O2. The fraction of sp³-hybridized carbons (Fsp3) is 0.143. The fourth-order valence-electron chi connectivity index (χ4n) is 2.15. The lowest BCUT2D eigenvalue weighted by Gasteiger charge is -2.08. The third-order valence-corrected chi connectivity index (χ3v) is 4.33. The van der Waals surface area contributed by atoms with Crippen LogP contribution in [0.25, 0.3) is 16.7 Å². The Balaban J connectivity index is 2.39. The van der Waals surface area contributed by atoms with Gasteiger partial charge in [0.2, 0.25) is 5.82 Å². The highest BCUT2D eigenvalue weighted by atomic mass is 79.9. The first-order valence-corrected chi connectivity index (χ1v) is 7.00. The summed E-state index contributed by atoms with van der Waals surface area (Å²) >= 11 is 3.47. The van der Waals surface area contributed by atoms with Gasteiger partial charge in [-0.1, -0.05) is 12.1 Å². The lowest BCUT2D eigenvalue weighted by molar-refractivity contribution is 0.0684. The third-order valence-electron chi connectivity index (χ3n) is 3.18. The van der Waals surface area contributed by atoms with Gasteiger partial charge >= 0.3 is 5.97 Å². The molecule has 0 amide bonds. The van der Waals surface area contributed by atoms with Crippen LogP contribution in [-0.2, 0) is 0 Å². The highest BCUT2D eigenvalue weighted by molar-refractivity contribution is 9.10. The fourth-order valence-corrected chi connectivity index (χ4v) is 2.39. The topological polar surface area (TPSA) is 80.9 Å². The lowest BCUT2D eigenvalue weighted by atomic mass is 10.2. The first kappa shape index (κ1) is 13.7. The van der Waals surface area contributed by atoms with E-state index in [0.717, 1.165) is 21.2 Å². The number of hydrogen-bond acceptors (Lipinski definition) is 4. The number of carboxylic acids is 1. The highest BCUT2D eigenvalue weighted by Crippen LogP contribution is 2.25. The van der Waals surface area contributed by atoms with Crippen molar-refractivity contribution >= 4 is 32.8 Å². The van der Waals surface area contributed by atoms with E-state index >= 15 is 0 Å². The molecule has 2 aromatic heterocycles. The minimum atomic E-state index is -1.16. The Bertz CT molecular complexity index is 873. The van der Waals surface area contributed by atoms with Crippen LogP contribution in [0.2, 0.25) is 0 Å². The second-order valence-electron chi connectivity index (χ2n) is 4.59. The van der Waals surface area contributed by atoms with Crippen LogP contribution >= 0.6 is 15.9 Å². The van der Waals surface area contributed by atoms with Crippen LogP contribution in [0.1, 0.15) is 22.0 Å². The molecule has 1 aromatic carbocycles. The summed E-state index contributed by atoms with van der Waals surface area (Å²) in [6.07, 6.45) is 0. The molecule has 3 aromatic rings. The van der Waals surface area contributed by atoms with Crippen molar-refractivity contribution in [2.75, 3.05) is 0 Å². The van der Waals surface area contributed by atoms with E-state index in [1.807, 2.05) is 32.0 Å². The van der Waals surface area contributed by atoms with E-state index in [0.29, 0.717) is 11.3 Å². The number of rotatable bonds is 2. The molecule has 0 aliphatic carbocycles. The summed E-state index contributed by atoms with van der Waals surface area (Å²) in [4.78, 5) is 19.4. The zero-order valence-corrected chi connectivity index (χ0v) is 12.9. The van der Waals surface area contributed by atoms with Crippen LogP contribution < -0.4 is 0 Å². The molecular weight excluding hydrogens is 336 g/mol. The van der Waals surface area contributed by atoms with Crippen LogP contribution in [0.15, 0.2) is 28.7 Å². The summed E-state index contributed by atoms with van der Waals surface area (Å²) in [5, 5.41) is 14.3. The predicted octanol–water partition coefficient (Wildman–Crippen LogP) is 2.89. The zero-order valence-electron chi connectivity index (χ0n) is 11.3. The second-order valence-corrected chi connectivity index (χ2v) is 5.38. The molecule has 0 spiro atoms. The lowest BCUT2D eigenvalue weighted by Crippen LogP contribution is -2.10. The number of fused-ring (bicyclic) bond motifs is 1. The summed E-state index contributed by atoms with van der Waals surface area (Å²) in [5.41, 5.74) is 2.24. The van der Waals surface area contributed by atoms with Gasteiger partial charge < -0.3 is 5.11 Å². The van der Waals surface area contributed by atoms with Gasteiger partial charge in [0.05, 0.1) is 21.4 Å². The minimum Gasteiger partial charge on any atom is -0.475 e. The molecule has 2 heterocycles. The van der Waals surface area contributed by atoms with E-state index in [-0.39, 0.29) is 5.82 Å². The molecule has 0 bridgehead atoms. The molecule has 7 heteroatoms. The Morgan fingerprint density at radius 3 is 2.57 bits per heavy atom. The number of aromatic carboxylic acids is 1. The summed E-state index contributed by atoms with van der Waals surface area (Å²) in [7, 11) is 0. The van der Waals surface area contributed by atoms with Gasteiger partial charge in [-0.25, -0.2) is 19.4 Å². The Hall–Kier alpha value is -2.28. The van der Waals surface area contributed by atoms with Gasteiger partial charge in [0, 0.05) is 5.39 Å². The Morgan fingerprint density at radius 1 is 1.24 bits per heavy atom. The summed E-state index contributed by atoms with van der Waals surface area (Å²) in [6.45, 7) is 3.76. The number of hydrogen-bond donors (Lipinski definition) is 1.